The molecule has 0 spiro atoms. The highest BCUT2D eigenvalue weighted by Gasteiger charge is 2.30. The Morgan fingerprint density at radius 3 is 2.42 bits per heavy atom. The van der Waals surface area contributed by atoms with E-state index in [2.05, 4.69) is 33.9 Å². The molecule has 5 nitrogen and oxygen atoms in total. The van der Waals surface area contributed by atoms with Crippen molar-refractivity contribution in [3.63, 3.8) is 0 Å². The predicted octanol–water partition coefficient (Wildman–Crippen LogP) is 9.91. The van der Waals surface area contributed by atoms with E-state index in [4.69, 9.17) is 51.4 Å². The molecule has 0 aliphatic carbocycles. The molecular formula is C28H25Cl4N5S. The molecule has 0 amide bonds. The molecule has 0 atom stereocenters. The summed E-state index contributed by atoms with van der Waals surface area (Å²) in [6.45, 7) is 6.14. The third-order valence-corrected chi connectivity index (χ3v) is 8.48. The number of imidazole rings is 1. The van der Waals surface area contributed by atoms with Gasteiger partial charge in [0.25, 0.3) is 0 Å². The molecule has 0 N–H and O–H groups in total. The number of nitrogens with zero attached hydrogens (tertiary/aromatic N) is 5. The largest absolute Gasteiger partial charge is 0.291 e. The smallest absolute Gasteiger partial charge is 0.173 e. The lowest BCUT2D eigenvalue weighted by atomic mass is 9.81. The first-order valence-corrected chi connectivity index (χ1v) is 14.2. The van der Waals surface area contributed by atoms with Gasteiger partial charge in [-0.2, -0.15) is 5.11 Å². The van der Waals surface area contributed by atoms with Crippen LogP contribution in [0.1, 0.15) is 43.2 Å². The molecule has 3 aromatic carbocycles. The van der Waals surface area contributed by atoms with Gasteiger partial charge in [-0.3, -0.25) is 4.57 Å². The highest BCUT2D eigenvalue weighted by Crippen LogP contribution is 2.39. The SMILES string of the molecule is CN=N/N=C(\C)c1cc(CSc2ncc(C(C)(C)c3ccc(Cl)c(Cl)c3)n2-c2cccc(Cl)c2)ccc1Cl. The summed E-state index contributed by atoms with van der Waals surface area (Å²) in [7, 11) is 1.57. The van der Waals surface area contributed by atoms with Crippen molar-refractivity contribution >= 4 is 63.9 Å². The van der Waals surface area contributed by atoms with Crippen LogP contribution in [0.5, 0.6) is 0 Å². The molecule has 0 bridgehead atoms. The van der Waals surface area contributed by atoms with E-state index >= 15 is 0 Å². The molecule has 196 valence electrons. The van der Waals surface area contributed by atoms with Crippen LogP contribution in [0.25, 0.3) is 5.69 Å². The van der Waals surface area contributed by atoms with Crippen molar-refractivity contribution in [2.24, 2.45) is 15.4 Å². The summed E-state index contributed by atoms with van der Waals surface area (Å²) in [5, 5.41) is 14.6. The van der Waals surface area contributed by atoms with E-state index in [9.17, 15) is 0 Å². The minimum atomic E-state index is -0.433. The Bertz CT molecular complexity index is 1530. The van der Waals surface area contributed by atoms with Crippen molar-refractivity contribution in [2.75, 3.05) is 7.05 Å². The van der Waals surface area contributed by atoms with Crippen LogP contribution in [0, 0.1) is 0 Å². The number of thioether (sulfide) groups is 1. The lowest BCUT2D eigenvalue weighted by molar-refractivity contribution is 0.593. The first-order valence-electron chi connectivity index (χ1n) is 11.7. The number of benzene rings is 3. The van der Waals surface area contributed by atoms with Gasteiger partial charge in [-0.05, 0) is 65.7 Å². The number of halogens is 4. The topological polar surface area (TPSA) is 54.9 Å². The number of aromatic nitrogens is 2. The fraction of sp³-hybridized carbons (Fsp3) is 0.214. The minimum absolute atomic E-state index is 0.433. The Balaban J connectivity index is 1.74. The maximum atomic E-state index is 6.43. The number of hydrogen-bond acceptors (Lipinski definition) is 4. The monoisotopic (exact) mass is 603 g/mol. The second-order valence-electron chi connectivity index (χ2n) is 9.07. The third-order valence-electron chi connectivity index (χ3n) is 6.15. The van der Waals surface area contributed by atoms with Gasteiger partial charge < -0.3 is 0 Å². The number of hydrogen-bond donors (Lipinski definition) is 0. The second-order valence-corrected chi connectivity index (χ2v) is 11.7. The molecule has 0 fully saturated rings. The average Bonchev–Trinajstić information content (AvgIpc) is 3.33. The predicted molar refractivity (Wildman–Crippen MR) is 161 cm³/mol. The highest BCUT2D eigenvalue weighted by atomic mass is 35.5. The summed E-state index contributed by atoms with van der Waals surface area (Å²) in [4.78, 5) is 4.83. The Kier molecular flexibility index (Phi) is 9.22. The van der Waals surface area contributed by atoms with Gasteiger partial charge in [-0.1, -0.05) is 90.2 Å². The van der Waals surface area contributed by atoms with E-state index in [0.29, 0.717) is 31.6 Å². The van der Waals surface area contributed by atoms with Gasteiger partial charge in [-0.25, -0.2) is 4.98 Å². The van der Waals surface area contributed by atoms with Crippen molar-refractivity contribution in [3.8, 4) is 5.69 Å². The van der Waals surface area contributed by atoms with Gasteiger partial charge in [0.1, 0.15) is 0 Å². The van der Waals surface area contributed by atoms with Crippen LogP contribution >= 0.6 is 58.2 Å². The van der Waals surface area contributed by atoms with Gasteiger partial charge in [0.05, 0.1) is 34.7 Å². The van der Waals surface area contributed by atoms with Crippen molar-refractivity contribution in [1.82, 2.24) is 9.55 Å². The van der Waals surface area contributed by atoms with Crippen molar-refractivity contribution in [1.29, 1.82) is 0 Å². The van der Waals surface area contributed by atoms with E-state index < -0.39 is 5.41 Å². The molecular weight excluding hydrogens is 580 g/mol. The zero-order chi connectivity index (χ0) is 27.4. The summed E-state index contributed by atoms with van der Waals surface area (Å²) in [6.07, 6.45) is 1.91. The van der Waals surface area contributed by atoms with Crippen molar-refractivity contribution in [3.05, 3.63) is 109 Å². The molecule has 10 heteroatoms. The lowest BCUT2D eigenvalue weighted by Crippen LogP contribution is -2.23. The summed E-state index contributed by atoms with van der Waals surface area (Å²) >= 11 is 27.0. The molecule has 0 aliphatic heterocycles. The summed E-state index contributed by atoms with van der Waals surface area (Å²) in [5.74, 6) is 0.664. The van der Waals surface area contributed by atoms with E-state index in [-0.39, 0.29) is 0 Å². The normalized spacial score (nSPS) is 12.5. The van der Waals surface area contributed by atoms with Crippen LogP contribution in [-0.4, -0.2) is 22.3 Å². The molecule has 0 aliphatic rings. The fourth-order valence-corrected chi connectivity index (χ4v) is 5.70. The second kappa shape index (κ2) is 12.2. The van der Waals surface area contributed by atoms with Crippen LogP contribution in [0.15, 0.2) is 87.5 Å². The summed E-state index contributed by atoms with van der Waals surface area (Å²) in [6, 6.07) is 19.4. The molecule has 1 heterocycles. The van der Waals surface area contributed by atoms with Crippen LogP contribution in [0.2, 0.25) is 20.1 Å². The standard InChI is InChI=1S/C28H25Cl4N5S/c1-17(35-36-33-4)22-12-18(8-10-23(22)30)16-38-27-34-15-26(37(27)21-7-5-6-20(29)14-21)28(2,3)19-9-11-24(31)25(32)13-19/h5-15H,16H2,1-4H3/b35-17+,36-33?. The quantitative estimate of drug-likeness (QED) is 0.0869. The highest BCUT2D eigenvalue weighted by molar-refractivity contribution is 7.98. The van der Waals surface area contributed by atoms with Crippen LogP contribution in [-0.2, 0) is 11.2 Å². The molecule has 1 aromatic heterocycles. The van der Waals surface area contributed by atoms with Crippen LogP contribution < -0.4 is 0 Å². The Hall–Kier alpha value is -2.35. The molecule has 4 rings (SSSR count). The summed E-state index contributed by atoms with van der Waals surface area (Å²) < 4.78 is 2.14. The maximum absolute atomic E-state index is 6.43. The zero-order valence-corrected chi connectivity index (χ0v) is 25.1. The molecule has 0 radical (unpaired) electrons. The molecule has 38 heavy (non-hydrogen) atoms. The van der Waals surface area contributed by atoms with Gasteiger partial charge in [0, 0.05) is 32.5 Å². The van der Waals surface area contributed by atoms with E-state index in [1.54, 1.807) is 18.8 Å². The first-order chi connectivity index (χ1) is 18.1. The lowest BCUT2D eigenvalue weighted by Gasteiger charge is -2.28. The zero-order valence-electron chi connectivity index (χ0n) is 21.2. The van der Waals surface area contributed by atoms with E-state index in [0.717, 1.165) is 33.2 Å². The summed E-state index contributed by atoms with van der Waals surface area (Å²) in [5.41, 5.74) is 5.08. The van der Waals surface area contributed by atoms with Gasteiger partial charge >= 0.3 is 0 Å². The van der Waals surface area contributed by atoms with E-state index in [1.165, 1.54) is 0 Å². The van der Waals surface area contributed by atoms with Crippen LogP contribution in [0.4, 0.5) is 0 Å². The Labute approximate surface area is 246 Å². The van der Waals surface area contributed by atoms with Crippen molar-refractivity contribution in [2.45, 2.75) is 37.1 Å². The molecule has 0 saturated carbocycles. The minimum Gasteiger partial charge on any atom is -0.291 e. The Morgan fingerprint density at radius 2 is 1.71 bits per heavy atom. The Morgan fingerprint density at radius 1 is 0.947 bits per heavy atom. The first kappa shape index (κ1) is 28.7. The van der Waals surface area contributed by atoms with Crippen molar-refractivity contribution < 1.29 is 0 Å². The van der Waals surface area contributed by atoms with Gasteiger partial charge in [-0.15, -0.1) is 5.10 Å². The third kappa shape index (κ3) is 6.27. The van der Waals surface area contributed by atoms with Gasteiger partial charge in [0.15, 0.2) is 5.16 Å². The van der Waals surface area contributed by atoms with Crippen LogP contribution in [0.3, 0.4) is 0 Å². The molecule has 4 aromatic rings. The average molecular weight is 605 g/mol. The number of rotatable bonds is 8. The molecule has 0 unspecified atom stereocenters. The maximum Gasteiger partial charge on any atom is 0.173 e. The fourth-order valence-electron chi connectivity index (χ4n) is 4.03. The van der Waals surface area contributed by atoms with E-state index in [1.807, 2.05) is 73.8 Å². The van der Waals surface area contributed by atoms with Gasteiger partial charge in [0.2, 0.25) is 0 Å². The molecule has 0 saturated heterocycles.